The molecule has 0 fully saturated rings. The molecule has 3 heteroatoms. The Morgan fingerprint density at radius 2 is 2.20 bits per heavy atom. The van der Waals surface area contributed by atoms with E-state index in [4.69, 9.17) is 9.47 Å². The molecule has 15 heavy (non-hydrogen) atoms. The van der Waals surface area contributed by atoms with Gasteiger partial charge in [0.25, 0.3) is 0 Å². The van der Waals surface area contributed by atoms with E-state index in [2.05, 4.69) is 0 Å². The lowest BCUT2D eigenvalue weighted by Gasteiger charge is -2.16. The first-order valence-corrected chi connectivity index (χ1v) is 4.89. The average Bonchev–Trinajstić information content (AvgIpc) is 2.21. The van der Waals surface area contributed by atoms with Gasteiger partial charge in [0.1, 0.15) is 11.9 Å². The van der Waals surface area contributed by atoms with E-state index < -0.39 is 0 Å². The van der Waals surface area contributed by atoms with Crippen LogP contribution in [-0.4, -0.2) is 26.1 Å². The summed E-state index contributed by atoms with van der Waals surface area (Å²) >= 11 is 0. The van der Waals surface area contributed by atoms with E-state index in [-0.39, 0.29) is 6.10 Å². The average molecular weight is 208 g/mol. The van der Waals surface area contributed by atoms with Crippen LogP contribution in [0.4, 0.5) is 0 Å². The van der Waals surface area contributed by atoms with Crippen LogP contribution in [0.1, 0.15) is 22.8 Å². The van der Waals surface area contributed by atoms with Crippen LogP contribution in [0, 0.1) is 6.92 Å². The minimum absolute atomic E-state index is 0.0604. The SMILES string of the molecule is COCC(C)Oc1c(C)cccc1C=O. The van der Waals surface area contributed by atoms with E-state index in [0.29, 0.717) is 17.9 Å². The Balaban J connectivity index is 2.87. The highest BCUT2D eigenvalue weighted by atomic mass is 16.5. The molecule has 1 atom stereocenters. The van der Waals surface area contributed by atoms with Gasteiger partial charge >= 0.3 is 0 Å². The van der Waals surface area contributed by atoms with Gasteiger partial charge in [-0.25, -0.2) is 0 Å². The van der Waals surface area contributed by atoms with Crippen LogP contribution in [0.2, 0.25) is 0 Å². The van der Waals surface area contributed by atoms with Gasteiger partial charge in [-0.3, -0.25) is 4.79 Å². The topological polar surface area (TPSA) is 35.5 Å². The van der Waals surface area contributed by atoms with Crippen molar-refractivity contribution in [2.75, 3.05) is 13.7 Å². The summed E-state index contributed by atoms with van der Waals surface area (Å²) in [5.74, 6) is 0.650. The molecule has 0 radical (unpaired) electrons. The monoisotopic (exact) mass is 208 g/mol. The van der Waals surface area contributed by atoms with Gasteiger partial charge in [-0.05, 0) is 25.5 Å². The molecule has 1 rings (SSSR count). The van der Waals surface area contributed by atoms with Crippen molar-refractivity contribution in [2.45, 2.75) is 20.0 Å². The van der Waals surface area contributed by atoms with Crippen molar-refractivity contribution in [1.29, 1.82) is 0 Å². The predicted octanol–water partition coefficient (Wildman–Crippen LogP) is 2.22. The summed E-state index contributed by atoms with van der Waals surface area (Å²) in [6.45, 7) is 4.33. The van der Waals surface area contributed by atoms with Gasteiger partial charge in [-0.1, -0.05) is 12.1 Å². The Morgan fingerprint density at radius 1 is 1.47 bits per heavy atom. The van der Waals surface area contributed by atoms with Crippen molar-refractivity contribution in [1.82, 2.24) is 0 Å². The second-order valence-electron chi connectivity index (χ2n) is 3.49. The minimum Gasteiger partial charge on any atom is -0.487 e. The molecule has 1 unspecified atom stereocenters. The highest BCUT2D eigenvalue weighted by Crippen LogP contribution is 2.22. The van der Waals surface area contributed by atoms with Gasteiger partial charge in [0.05, 0.1) is 12.2 Å². The fraction of sp³-hybridized carbons (Fsp3) is 0.417. The summed E-state index contributed by atoms with van der Waals surface area (Å²) in [6.07, 6.45) is 0.747. The third kappa shape index (κ3) is 3.06. The second kappa shape index (κ2) is 5.51. The summed E-state index contributed by atoms with van der Waals surface area (Å²) in [6, 6.07) is 5.50. The number of rotatable bonds is 5. The summed E-state index contributed by atoms with van der Waals surface area (Å²) < 4.78 is 10.6. The number of carbonyl (C=O) groups excluding carboxylic acids is 1. The highest BCUT2D eigenvalue weighted by Gasteiger charge is 2.10. The first kappa shape index (κ1) is 11.7. The van der Waals surface area contributed by atoms with Crippen LogP contribution in [0.15, 0.2) is 18.2 Å². The van der Waals surface area contributed by atoms with E-state index in [9.17, 15) is 4.79 Å². The maximum atomic E-state index is 10.8. The number of hydrogen-bond acceptors (Lipinski definition) is 3. The summed E-state index contributed by atoms with van der Waals surface area (Å²) in [4.78, 5) is 10.8. The maximum Gasteiger partial charge on any atom is 0.153 e. The number of benzene rings is 1. The fourth-order valence-corrected chi connectivity index (χ4v) is 1.40. The number of methoxy groups -OCH3 is 1. The van der Waals surface area contributed by atoms with Gasteiger partial charge in [-0.2, -0.15) is 0 Å². The highest BCUT2D eigenvalue weighted by molar-refractivity contribution is 5.80. The molecule has 0 aromatic heterocycles. The zero-order valence-corrected chi connectivity index (χ0v) is 9.32. The molecule has 0 aliphatic rings. The molecule has 0 aliphatic carbocycles. The van der Waals surface area contributed by atoms with E-state index >= 15 is 0 Å². The summed E-state index contributed by atoms with van der Waals surface area (Å²) in [5, 5.41) is 0. The number of ether oxygens (including phenoxy) is 2. The minimum atomic E-state index is -0.0604. The number of aldehydes is 1. The van der Waals surface area contributed by atoms with Gasteiger partial charge in [0, 0.05) is 7.11 Å². The molecular formula is C12H16O3. The lowest BCUT2D eigenvalue weighted by molar-refractivity contribution is 0.0901. The molecule has 0 spiro atoms. The normalized spacial score (nSPS) is 12.2. The zero-order chi connectivity index (χ0) is 11.3. The molecule has 0 aliphatic heterocycles. The number of hydrogen-bond donors (Lipinski definition) is 0. The molecule has 0 bridgehead atoms. The van der Waals surface area contributed by atoms with Crippen molar-refractivity contribution in [2.24, 2.45) is 0 Å². The van der Waals surface area contributed by atoms with Crippen molar-refractivity contribution in [3.63, 3.8) is 0 Å². The van der Waals surface area contributed by atoms with Gasteiger partial charge in [-0.15, -0.1) is 0 Å². The van der Waals surface area contributed by atoms with Crippen LogP contribution >= 0.6 is 0 Å². The van der Waals surface area contributed by atoms with E-state index in [1.807, 2.05) is 26.0 Å². The standard InChI is InChI=1S/C12H16O3/c1-9-5-4-6-11(7-13)12(9)15-10(2)8-14-3/h4-7,10H,8H2,1-3H3. The van der Waals surface area contributed by atoms with Crippen LogP contribution in [-0.2, 0) is 4.74 Å². The van der Waals surface area contributed by atoms with E-state index in [1.54, 1.807) is 13.2 Å². The molecule has 0 N–H and O–H groups in total. The Kier molecular flexibility index (Phi) is 4.31. The Morgan fingerprint density at radius 3 is 2.80 bits per heavy atom. The van der Waals surface area contributed by atoms with Gasteiger partial charge in [0.15, 0.2) is 6.29 Å². The Labute approximate surface area is 90.0 Å². The molecule has 0 saturated carbocycles. The van der Waals surface area contributed by atoms with Crippen molar-refractivity contribution in [3.8, 4) is 5.75 Å². The molecule has 0 heterocycles. The lowest BCUT2D eigenvalue weighted by atomic mass is 10.1. The molecule has 0 saturated heterocycles. The largest absolute Gasteiger partial charge is 0.487 e. The number of para-hydroxylation sites is 1. The first-order chi connectivity index (χ1) is 7.19. The van der Waals surface area contributed by atoms with E-state index in [0.717, 1.165) is 11.8 Å². The van der Waals surface area contributed by atoms with Gasteiger partial charge in [0.2, 0.25) is 0 Å². The molecule has 82 valence electrons. The number of aryl methyl sites for hydroxylation is 1. The molecule has 1 aromatic rings. The summed E-state index contributed by atoms with van der Waals surface area (Å²) in [5.41, 5.74) is 1.54. The van der Waals surface area contributed by atoms with E-state index in [1.165, 1.54) is 0 Å². The quantitative estimate of drug-likeness (QED) is 0.696. The van der Waals surface area contributed by atoms with Crippen LogP contribution in [0.3, 0.4) is 0 Å². The lowest BCUT2D eigenvalue weighted by Crippen LogP contribution is -2.19. The van der Waals surface area contributed by atoms with Gasteiger partial charge < -0.3 is 9.47 Å². The summed E-state index contributed by atoms with van der Waals surface area (Å²) in [7, 11) is 1.62. The first-order valence-electron chi connectivity index (χ1n) is 4.89. The van der Waals surface area contributed by atoms with Crippen LogP contribution in [0.5, 0.6) is 5.75 Å². The fourth-order valence-electron chi connectivity index (χ4n) is 1.40. The second-order valence-corrected chi connectivity index (χ2v) is 3.49. The molecule has 3 nitrogen and oxygen atoms in total. The van der Waals surface area contributed by atoms with Crippen molar-refractivity contribution in [3.05, 3.63) is 29.3 Å². The van der Waals surface area contributed by atoms with Crippen LogP contribution in [0.25, 0.3) is 0 Å². The molecule has 1 aromatic carbocycles. The molecule has 0 amide bonds. The smallest absolute Gasteiger partial charge is 0.153 e. The Hall–Kier alpha value is -1.35. The predicted molar refractivity (Wildman–Crippen MR) is 58.5 cm³/mol. The van der Waals surface area contributed by atoms with Crippen LogP contribution < -0.4 is 4.74 Å². The van der Waals surface area contributed by atoms with Crippen molar-refractivity contribution < 1.29 is 14.3 Å². The zero-order valence-electron chi connectivity index (χ0n) is 9.32. The van der Waals surface area contributed by atoms with Crippen molar-refractivity contribution >= 4 is 6.29 Å². The third-order valence-corrected chi connectivity index (χ3v) is 2.09. The maximum absolute atomic E-state index is 10.8. The number of carbonyl (C=O) groups is 1. The molecular weight excluding hydrogens is 192 g/mol. The Bertz CT molecular complexity index is 334. The third-order valence-electron chi connectivity index (χ3n) is 2.09.